The van der Waals surface area contributed by atoms with Crippen molar-refractivity contribution in [3.8, 4) is 0 Å². The molecule has 1 aromatic carbocycles. The SMILES string of the molecule is Cc1nn(C)c(C)c1CNC(=O)c1ccccc1N.Cl. The minimum absolute atomic E-state index is 0. The van der Waals surface area contributed by atoms with Crippen molar-refractivity contribution in [2.24, 2.45) is 7.05 Å². The third-order valence-electron chi connectivity index (χ3n) is 3.29. The molecule has 2 rings (SSSR count). The number of anilines is 1. The summed E-state index contributed by atoms with van der Waals surface area (Å²) in [4.78, 5) is 12.0. The molecule has 1 aromatic heterocycles. The van der Waals surface area contributed by atoms with Crippen molar-refractivity contribution in [1.82, 2.24) is 15.1 Å². The van der Waals surface area contributed by atoms with Gasteiger partial charge in [-0.25, -0.2) is 0 Å². The van der Waals surface area contributed by atoms with Gasteiger partial charge in [-0.2, -0.15) is 5.10 Å². The van der Waals surface area contributed by atoms with E-state index in [1.54, 1.807) is 18.2 Å². The van der Waals surface area contributed by atoms with Gasteiger partial charge in [0.05, 0.1) is 11.3 Å². The first-order chi connectivity index (χ1) is 9.00. The molecule has 108 valence electrons. The van der Waals surface area contributed by atoms with Crippen LogP contribution < -0.4 is 11.1 Å². The molecule has 20 heavy (non-hydrogen) atoms. The largest absolute Gasteiger partial charge is 0.398 e. The number of aromatic nitrogens is 2. The fourth-order valence-corrected chi connectivity index (χ4v) is 2.04. The number of nitrogens with zero attached hydrogens (tertiary/aromatic N) is 2. The predicted molar refractivity (Wildman–Crippen MR) is 82.0 cm³/mol. The number of hydrogen-bond donors (Lipinski definition) is 2. The van der Waals surface area contributed by atoms with Crippen molar-refractivity contribution in [2.75, 3.05) is 5.73 Å². The molecule has 0 atom stereocenters. The van der Waals surface area contributed by atoms with E-state index in [-0.39, 0.29) is 18.3 Å². The summed E-state index contributed by atoms with van der Waals surface area (Å²) in [5, 5.41) is 7.20. The number of hydrogen-bond acceptors (Lipinski definition) is 3. The highest BCUT2D eigenvalue weighted by molar-refractivity contribution is 5.99. The molecule has 0 aliphatic carbocycles. The van der Waals surface area contributed by atoms with Crippen LogP contribution in [0, 0.1) is 13.8 Å². The molecule has 6 heteroatoms. The molecule has 0 aliphatic heterocycles. The Morgan fingerprint density at radius 2 is 2.00 bits per heavy atom. The number of nitrogen functional groups attached to an aromatic ring is 1. The van der Waals surface area contributed by atoms with E-state index in [9.17, 15) is 4.79 Å². The first-order valence-corrected chi connectivity index (χ1v) is 6.12. The van der Waals surface area contributed by atoms with E-state index >= 15 is 0 Å². The van der Waals surface area contributed by atoms with Crippen LogP contribution in [0.25, 0.3) is 0 Å². The zero-order chi connectivity index (χ0) is 14.0. The molecule has 0 bridgehead atoms. The second-order valence-electron chi connectivity index (χ2n) is 4.54. The molecule has 0 radical (unpaired) electrons. The molecule has 2 aromatic rings. The second-order valence-corrected chi connectivity index (χ2v) is 4.54. The molecule has 3 N–H and O–H groups in total. The van der Waals surface area contributed by atoms with Gasteiger partial charge in [0, 0.05) is 30.5 Å². The summed E-state index contributed by atoms with van der Waals surface area (Å²) in [5.41, 5.74) is 9.80. The molecule has 0 unspecified atom stereocenters. The number of para-hydroxylation sites is 1. The lowest BCUT2D eigenvalue weighted by atomic mass is 10.1. The molecule has 0 fully saturated rings. The Labute approximate surface area is 124 Å². The number of nitrogens with one attached hydrogen (secondary N) is 1. The van der Waals surface area contributed by atoms with Crippen molar-refractivity contribution in [1.29, 1.82) is 0 Å². The Morgan fingerprint density at radius 3 is 2.55 bits per heavy atom. The Balaban J connectivity index is 0.00000200. The van der Waals surface area contributed by atoms with Crippen LogP contribution in [0.4, 0.5) is 5.69 Å². The van der Waals surface area contributed by atoms with Gasteiger partial charge in [0.2, 0.25) is 0 Å². The number of benzene rings is 1. The molecule has 0 spiro atoms. The number of rotatable bonds is 3. The zero-order valence-electron chi connectivity index (χ0n) is 11.8. The fourth-order valence-electron chi connectivity index (χ4n) is 2.04. The van der Waals surface area contributed by atoms with E-state index in [0.717, 1.165) is 17.0 Å². The van der Waals surface area contributed by atoms with E-state index in [0.29, 0.717) is 17.8 Å². The lowest BCUT2D eigenvalue weighted by Gasteiger charge is -2.07. The quantitative estimate of drug-likeness (QED) is 0.850. The minimum Gasteiger partial charge on any atom is -0.398 e. The summed E-state index contributed by atoms with van der Waals surface area (Å²) < 4.78 is 1.81. The number of carbonyl (C=O) groups is 1. The second kappa shape index (κ2) is 6.43. The van der Waals surface area contributed by atoms with Crippen LogP contribution in [0.2, 0.25) is 0 Å². The molecule has 5 nitrogen and oxygen atoms in total. The zero-order valence-corrected chi connectivity index (χ0v) is 12.6. The minimum atomic E-state index is -0.166. The lowest BCUT2D eigenvalue weighted by molar-refractivity contribution is 0.0951. The average molecular weight is 295 g/mol. The lowest BCUT2D eigenvalue weighted by Crippen LogP contribution is -2.24. The van der Waals surface area contributed by atoms with Crippen LogP contribution in [0.3, 0.4) is 0 Å². The maximum absolute atomic E-state index is 12.0. The first-order valence-electron chi connectivity index (χ1n) is 6.12. The van der Waals surface area contributed by atoms with Crippen molar-refractivity contribution in [2.45, 2.75) is 20.4 Å². The molecular weight excluding hydrogens is 276 g/mol. The molecule has 1 heterocycles. The number of amides is 1. The summed E-state index contributed by atoms with van der Waals surface area (Å²) in [6, 6.07) is 7.04. The highest BCUT2D eigenvalue weighted by Gasteiger charge is 2.12. The van der Waals surface area contributed by atoms with Crippen LogP contribution in [0.15, 0.2) is 24.3 Å². The topological polar surface area (TPSA) is 72.9 Å². The molecule has 0 saturated carbocycles. The van der Waals surface area contributed by atoms with Crippen molar-refractivity contribution in [3.63, 3.8) is 0 Å². The summed E-state index contributed by atoms with van der Waals surface area (Å²) >= 11 is 0. The predicted octanol–water partition coefficient (Wildman–Crippen LogP) is 1.97. The van der Waals surface area contributed by atoms with E-state index in [2.05, 4.69) is 10.4 Å². The summed E-state index contributed by atoms with van der Waals surface area (Å²) in [6.45, 7) is 4.38. The monoisotopic (exact) mass is 294 g/mol. The number of aryl methyl sites for hydroxylation is 2. The Hall–Kier alpha value is -2.01. The highest BCUT2D eigenvalue weighted by Crippen LogP contribution is 2.13. The van der Waals surface area contributed by atoms with Gasteiger partial charge >= 0.3 is 0 Å². The molecule has 0 saturated heterocycles. The standard InChI is InChI=1S/C14H18N4O.ClH/c1-9-12(10(2)18(3)17-9)8-16-14(19)11-6-4-5-7-13(11)15;/h4-7H,8,15H2,1-3H3,(H,16,19);1H. The van der Waals surface area contributed by atoms with Crippen molar-refractivity contribution in [3.05, 3.63) is 46.8 Å². The van der Waals surface area contributed by atoms with Gasteiger partial charge in [0.25, 0.3) is 5.91 Å². The highest BCUT2D eigenvalue weighted by atomic mass is 35.5. The molecule has 1 amide bonds. The third kappa shape index (κ3) is 3.11. The number of carbonyl (C=O) groups excluding carboxylic acids is 1. The smallest absolute Gasteiger partial charge is 0.253 e. The van der Waals surface area contributed by atoms with Gasteiger partial charge in [-0.15, -0.1) is 12.4 Å². The number of halogens is 1. The normalized spacial score (nSPS) is 9.95. The van der Waals surface area contributed by atoms with Crippen LogP contribution in [0.5, 0.6) is 0 Å². The van der Waals surface area contributed by atoms with Gasteiger partial charge in [0.15, 0.2) is 0 Å². The van der Waals surface area contributed by atoms with Crippen LogP contribution in [-0.4, -0.2) is 15.7 Å². The van der Waals surface area contributed by atoms with E-state index in [4.69, 9.17) is 5.73 Å². The number of nitrogens with two attached hydrogens (primary N) is 1. The van der Waals surface area contributed by atoms with Gasteiger partial charge in [-0.05, 0) is 26.0 Å². The summed E-state index contributed by atoms with van der Waals surface area (Å²) in [6.07, 6.45) is 0. The van der Waals surface area contributed by atoms with Gasteiger partial charge in [-0.1, -0.05) is 12.1 Å². The first kappa shape index (κ1) is 16.0. The van der Waals surface area contributed by atoms with Crippen LogP contribution in [0.1, 0.15) is 27.3 Å². The van der Waals surface area contributed by atoms with Crippen LogP contribution >= 0.6 is 12.4 Å². The maximum atomic E-state index is 12.0. The maximum Gasteiger partial charge on any atom is 0.253 e. The Kier molecular flexibility index (Phi) is 5.16. The van der Waals surface area contributed by atoms with Crippen molar-refractivity contribution >= 4 is 24.0 Å². The van der Waals surface area contributed by atoms with Gasteiger partial charge in [-0.3, -0.25) is 9.48 Å². The van der Waals surface area contributed by atoms with Gasteiger partial charge in [0.1, 0.15) is 0 Å². The molecular formula is C14H19ClN4O. The van der Waals surface area contributed by atoms with Crippen molar-refractivity contribution < 1.29 is 4.79 Å². The van der Waals surface area contributed by atoms with E-state index in [1.807, 2.05) is 31.6 Å². The van der Waals surface area contributed by atoms with E-state index in [1.165, 1.54) is 0 Å². The molecule has 0 aliphatic rings. The Bertz CT molecular complexity index is 622. The summed E-state index contributed by atoms with van der Waals surface area (Å²) in [7, 11) is 1.89. The van der Waals surface area contributed by atoms with Gasteiger partial charge < -0.3 is 11.1 Å². The Morgan fingerprint density at radius 1 is 1.35 bits per heavy atom. The fraction of sp³-hybridized carbons (Fsp3) is 0.286. The third-order valence-corrected chi connectivity index (χ3v) is 3.29. The summed E-state index contributed by atoms with van der Waals surface area (Å²) in [5.74, 6) is -0.166. The van der Waals surface area contributed by atoms with Crippen LogP contribution in [-0.2, 0) is 13.6 Å². The van der Waals surface area contributed by atoms with E-state index < -0.39 is 0 Å². The average Bonchev–Trinajstić information content (AvgIpc) is 2.61.